The molecule has 0 radical (unpaired) electrons. The van der Waals surface area contributed by atoms with E-state index in [0.717, 1.165) is 25.7 Å². The topological polar surface area (TPSA) is 85.8 Å². The summed E-state index contributed by atoms with van der Waals surface area (Å²) in [5.74, 6) is -0.0862. The van der Waals surface area contributed by atoms with Crippen molar-refractivity contribution in [1.29, 1.82) is 0 Å². The van der Waals surface area contributed by atoms with Crippen molar-refractivity contribution >= 4 is 11.9 Å². The van der Waals surface area contributed by atoms with Gasteiger partial charge in [0, 0.05) is 38.4 Å². The summed E-state index contributed by atoms with van der Waals surface area (Å²) in [4.78, 5) is 32.3. The lowest BCUT2D eigenvalue weighted by molar-refractivity contribution is 0.0654. The number of piperazine rings is 1. The molecule has 2 N–H and O–H groups in total. The molecule has 0 spiro atoms. The quantitative estimate of drug-likeness (QED) is 0.841. The number of carbonyl (C=O) groups is 2. The predicted octanol–water partition coefficient (Wildman–Crippen LogP) is 0.852. The Morgan fingerprint density at radius 1 is 1.04 bits per heavy atom. The summed E-state index contributed by atoms with van der Waals surface area (Å²) in [6.45, 7) is 2.10. The minimum absolute atomic E-state index is 0.0682. The van der Waals surface area contributed by atoms with Gasteiger partial charge in [0.2, 0.25) is 0 Å². The summed E-state index contributed by atoms with van der Waals surface area (Å²) in [6.07, 6.45) is 4.53. The van der Waals surface area contributed by atoms with E-state index in [1.807, 2.05) is 0 Å². The van der Waals surface area contributed by atoms with Crippen LogP contribution in [0.25, 0.3) is 0 Å². The highest BCUT2D eigenvalue weighted by atomic mass is 16.3. The van der Waals surface area contributed by atoms with Crippen molar-refractivity contribution in [1.82, 2.24) is 20.1 Å². The molecule has 1 saturated carbocycles. The van der Waals surface area contributed by atoms with Crippen LogP contribution in [0.4, 0.5) is 4.79 Å². The number of hydrogen-bond acceptors (Lipinski definition) is 4. The van der Waals surface area contributed by atoms with Crippen molar-refractivity contribution < 1.29 is 14.7 Å². The van der Waals surface area contributed by atoms with E-state index in [9.17, 15) is 14.7 Å². The van der Waals surface area contributed by atoms with Gasteiger partial charge in [-0.3, -0.25) is 9.78 Å². The van der Waals surface area contributed by atoms with Gasteiger partial charge < -0.3 is 20.2 Å². The molecule has 7 nitrogen and oxygen atoms in total. The maximum atomic E-state index is 12.3. The second-order valence-corrected chi connectivity index (χ2v) is 6.45. The van der Waals surface area contributed by atoms with Crippen LogP contribution in [0.5, 0.6) is 0 Å². The van der Waals surface area contributed by atoms with E-state index in [1.165, 1.54) is 0 Å². The van der Waals surface area contributed by atoms with Crippen molar-refractivity contribution in [3.8, 4) is 0 Å². The second kappa shape index (κ2) is 7.61. The van der Waals surface area contributed by atoms with Gasteiger partial charge in [0.1, 0.15) is 5.69 Å². The van der Waals surface area contributed by atoms with Crippen molar-refractivity contribution in [2.45, 2.75) is 37.8 Å². The summed E-state index contributed by atoms with van der Waals surface area (Å²) in [6, 6.07) is 5.36. The molecule has 0 bridgehead atoms. The van der Waals surface area contributed by atoms with Crippen LogP contribution in [0.15, 0.2) is 24.4 Å². The number of pyridine rings is 1. The second-order valence-electron chi connectivity index (χ2n) is 6.45. The maximum absolute atomic E-state index is 12.3. The van der Waals surface area contributed by atoms with Gasteiger partial charge in [-0.15, -0.1) is 0 Å². The lowest BCUT2D eigenvalue weighted by Gasteiger charge is -2.36. The molecule has 1 aliphatic carbocycles. The number of aliphatic hydroxyl groups excluding tert-OH is 1. The number of nitrogens with one attached hydrogen (secondary N) is 1. The van der Waals surface area contributed by atoms with Crippen LogP contribution in [0.2, 0.25) is 0 Å². The number of rotatable bonds is 2. The highest BCUT2D eigenvalue weighted by Gasteiger charge is 2.27. The van der Waals surface area contributed by atoms with Gasteiger partial charge >= 0.3 is 6.03 Å². The van der Waals surface area contributed by atoms with Gasteiger partial charge in [-0.2, -0.15) is 0 Å². The molecule has 24 heavy (non-hydrogen) atoms. The largest absolute Gasteiger partial charge is 0.393 e. The normalized spacial score (nSPS) is 24.5. The number of aliphatic hydroxyl groups is 1. The van der Waals surface area contributed by atoms with Crippen LogP contribution in [-0.4, -0.2) is 70.2 Å². The Kier molecular flexibility index (Phi) is 5.30. The monoisotopic (exact) mass is 332 g/mol. The molecule has 0 unspecified atom stereocenters. The molecule has 2 heterocycles. The van der Waals surface area contributed by atoms with Crippen molar-refractivity contribution in [3.05, 3.63) is 30.1 Å². The van der Waals surface area contributed by atoms with E-state index >= 15 is 0 Å². The molecule has 1 aromatic heterocycles. The average Bonchev–Trinajstić information content (AvgIpc) is 2.64. The van der Waals surface area contributed by atoms with E-state index in [0.29, 0.717) is 31.9 Å². The number of urea groups is 1. The molecule has 1 aromatic rings. The molecule has 2 fully saturated rings. The highest BCUT2D eigenvalue weighted by molar-refractivity contribution is 5.92. The van der Waals surface area contributed by atoms with Gasteiger partial charge in [0.25, 0.3) is 5.91 Å². The molecular weight excluding hydrogens is 308 g/mol. The highest BCUT2D eigenvalue weighted by Crippen LogP contribution is 2.18. The van der Waals surface area contributed by atoms with Crippen LogP contribution < -0.4 is 5.32 Å². The number of amides is 3. The molecule has 1 aliphatic heterocycles. The molecule has 2 aliphatic rings. The summed E-state index contributed by atoms with van der Waals surface area (Å²) in [7, 11) is 0. The van der Waals surface area contributed by atoms with Crippen LogP contribution in [-0.2, 0) is 0 Å². The Balaban J connectivity index is 1.46. The fraction of sp³-hybridized carbons (Fsp3) is 0.588. The van der Waals surface area contributed by atoms with Gasteiger partial charge in [0.15, 0.2) is 0 Å². The number of carbonyl (C=O) groups excluding carboxylic acids is 2. The Morgan fingerprint density at radius 2 is 1.71 bits per heavy atom. The molecule has 130 valence electrons. The van der Waals surface area contributed by atoms with Crippen LogP contribution in [0, 0.1) is 0 Å². The SMILES string of the molecule is O=C(NC1CCC(O)CC1)N1CCN(C(=O)c2ccccn2)CC1. The Bertz CT molecular complexity index is 564. The summed E-state index contributed by atoms with van der Waals surface area (Å²) in [5.41, 5.74) is 0.441. The fourth-order valence-corrected chi connectivity index (χ4v) is 3.25. The summed E-state index contributed by atoms with van der Waals surface area (Å²) < 4.78 is 0. The van der Waals surface area contributed by atoms with Crippen molar-refractivity contribution in [3.63, 3.8) is 0 Å². The predicted molar refractivity (Wildman–Crippen MR) is 88.5 cm³/mol. The zero-order valence-corrected chi connectivity index (χ0v) is 13.7. The van der Waals surface area contributed by atoms with E-state index in [2.05, 4.69) is 10.3 Å². The summed E-state index contributed by atoms with van der Waals surface area (Å²) >= 11 is 0. The van der Waals surface area contributed by atoms with Gasteiger partial charge in [-0.1, -0.05) is 6.07 Å². The van der Waals surface area contributed by atoms with Crippen molar-refractivity contribution in [2.75, 3.05) is 26.2 Å². The first-order valence-electron chi connectivity index (χ1n) is 8.57. The molecule has 1 saturated heterocycles. The van der Waals surface area contributed by atoms with Crippen LogP contribution >= 0.6 is 0 Å². The Hall–Kier alpha value is -2.15. The zero-order chi connectivity index (χ0) is 16.9. The molecular formula is C17H24N4O3. The average molecular weight is 332 g/mol. The molecule has 3 amide bonds. The van der Waals surface area contributed by atoms with E-state index in [1.54, 1.807) is 34.2 Å². The smallest absolute Gasteiger partial charge is 0.317 e. The first-order chi connectivity index (χ1) is 11.6. The third-order valence-electron chi connectivity index (χ3n) is 4.76. The van der Waals surface area contributed by atoms with Gasteiger partial charge in [-0.25, -0.2) is 4.79 Å². The first-order valence-corrected chi connectivity index (χ1v) is 8.57. The van der Waals surface area contributed by atoms with E-state index < -0.39 is 0 Å². The lowest BCUT2D eigenvalue weighted by Crippen LogP contribution is -2.55. The van der Waals surface area contributed by atoms with Gasteiger partial charge in [0.05, 0.1) is 6.10 Å². The molecule has 0 aromatic carbocycles. The standard InChI is InChI=1S/C17H24N4O3/c22-14-6-4-13(5-7-14)19-17(24)21-11-9-20(10-12-21)16(23)15-3-1-2-8-18-15/h1-3,8,13-14,22H,4-7,9-12H2,(H,19,24). The Labute approximate surface area is 141 Å². The molecule has 3 rings (SSSR count). The van der Waals surface area contributed by atoms with Gasteiger partial charge in [-0.05, 0) is 37.8 Å². The molecule has 0 atom stereocenters. The van der Waals surface area contributed by atoms with E-state index in [-0.39, 0.29) is 24.1 Å². The number of aromatic nitrogens is 1. The Morgan fingerprint density at radius 3 is 2.33 bits per heavy atom. The minimum Gasteiger partial charge on any atom is -0.393 e. The third kappa shape index (κ3) is 4.03. The zero-order valence-electron chi connectivity index (χ0n) is 13.7. The first kappa shape index (κ1) is 16.7. The molecule has 7 heteroatoms. The lowest BCUT2D eigenvalue weighted by atomic mass is 9.93. The summed E-state index contributed by atoms with van der Waals surface area (Å²) in [5, 5.41) is 12.6. The fourth-order valence-electron chi connectivity index (χ4n) is 3.25. The number of nitrogens with zero attached hydrogens (tertiary/aromatic N) is 3. The number of hydrogen-bond donors (Lipinski definition) is 2. The van der Waals surface area contributed by atoms with Crippen molar-refractivity contribution in [2.24, 2.45) is 0 Å². The minimum atomic E-state index is -0.223. The van der Waals surface area contributed by atoms with Crippen LogP contribution in [0.3, 0.4) is 0 Å². The third-order valence-corrected chi connectivity index (χ3v) is 4.76. The van der Waals surface area contributed by atoms with E-state index in [4.69, 9.17) is 0 Å². The van der Waals surface area contributed by atoms with Crippen LogP contribution in [0.1, 0.15) is 36.2 Å². The maximum Gasteiger partial charge on any atom is 0.317 e.